The van der Waals surface area contributed by atoms with Gasteiger partial charge < -0.3 is 19.5 Å². The number of hydrogen-bond donors (Lipinski definition) is 1. The van der Waals surface area contributed by atoms with Crippen LogP contribution in [0.25, 0.3) is 0 Å². The second-order valence-electron chi connectivity index (χ2n) is 6.78. The monoisotopic (exact) mass is 369 g/mol. The highest BCUT2D eigenvalue weighted by atomic mass is 16.5. The third-order valence-electron chi connectivity index (χ3n) is 4.76. The second-order valence-corrected chi connectivity index (χ2v) is 6.78. The molecular weight excluding hydrogens is 342 g/mol. The van der Waals surface area contributed by atoms with E-state index in [0.717, 1.165) is 35.7 Å². The molecule has 1 fully saturated rings. The van der Waals surface area contributed by atoms with E-state index in [1.165, 1.54) is 0 Å². The predicted molar refractivity (Wildman–Crippen MR) is 104 cm³/mol. The lowest BCUT2D eigenvalue weighted by atomic mass is 10.0. The number of benzene rings is 2. The number of methoxy groups -OCH3 is 2. The molecule has 1 saturated carbocycles. The lowest BCUT2D eigenvalue weighted by Crippen LogP contribution is -2.29. The zero-order valence-corrected chi connectivity index (χ0v) is 15.9. The molecule has 1 unspecified atom stereocenters. The topological polar surface area (TPSA) is 56.8 Å². The molecule has 3 rings (SSSR count). The van der Waals surface area contributed by atoms with Gasteiger partial charge in [0.05, 0.1) is 26.9 Å². The molecule has 1 N–H and O–H groups in total. The summed E-state index contributed by atoms with van der Waals surface area (Å²) in [5, 5.41) is 3.19. The Hall–Kier alpha value is -2.69. The Morgan fingerprint density at radius 3 is 2.07 bits per heavy atom. The molecular formula is C22H27NO4. The number of nitrogens with one attached hydrogen (secondary N) is 1. The number of carbonyl (C=O) groups is 1. The van der Waals surface area contributed by atoms with Gasteiger partial charge in [-0.15, -0.1) is 0 Å². The summed E-state index contributed by atoms with van der Waals surface area (Å²) in [4.78, 5) is 12.4. The first-order valence-corrected chi connectivity index (χ1v) is 9.40. The number of ether oxygens (including phenoxy) is 3. The van der Waals surface area contributed by atoms with E-state index in [4.69, 9.17) is 14.2 Å². The minimum absolute atomic E-state index is 0.0704. The number of rotatable bonds is 10. The van der Waals surface area contributed by atoms with Crippen LogP contribution in [0.2, 0.25) is 0 Å². The van der Waals surface area contributed by atoms with Crippen molar-refractivity contribution in [2.75, 3.05) is 20.8 Å². The summed E-state index contributed by atoms with van der Waals surface area (Å²) in [6, 6.07) is 15.5. The summed E-state index contributed by atoms with van der Waals surface area (Å²) in [7, 11) is 3.29. The molecule has 1 amide bonds. The van der Waals surface area contributed by atoms with Crippen molar-refractivity contribution in [2.24, 2.45) is 5.92 Å². The predicted octanol–water partition coefficient (Wildman–Crippen LogP) is 4.13. The van der Waals surface area contributed by atoms with Gasteiger partial charge in [0.15, 0.2) is 0 Å². The highest BCUT2D eigenvalue weighted by Crippen LogP contribution is 2.41. The van der Waals surface area contributed by atoms with Crippen LogP contribution in [-0.2, 0) is 4.79 Å². The van der Waals surface area contributed by atoms with Crippen LogP contribution in [0.1, 0.15) is 37.3 Å². The van der Waals surface area contributed by atoms with Crippen molar-refractivity contribution in [3.63, 3.8) is 0 Å². The first-order valence-electron chi connectivity index (χ1n) is 9.40. The first kappa shape index (κ1) is 19.1. The summed E-state index contributed by atoms with van der Waals surface area (Å²) in [6.45, 7) is 0.510. The Kier molecular flexibility index (Phi) is 6.58. The Morgan fingerprint density at radius 2 is 1.52 bits per heavy atom. The molecule has 0 spiro atoms. The van der Waals surface area contributed by atoms with E-state index >= 15 is 0 Å². The van der Waals surface area contributed by atoms with E-state index in [-0.39, 0.29) is 11.9 Å². The van der Waals surface area contributed by atoms with Gasteiger partial charge >= 0.3 is 0 Å². The lowest BCUT2D eigenvalue weighted by Gasteiger charge is -2.19. The number of hydrogen-bond acceptors (Lipinski definition) is 4. The molecule has 0 bridgehead atoms. The fourth-order valence-electron chi connectivity index (χ4n) is 3.05. The summed E-state index contributed by atoms with van der Waals surface area (Å²) < 4.78 is 16.0. The van der Waals surface area contributed by atoms with Gasteiger partial charge in [-0.25, -0.2) is 0 Å². The van der Waals surface area contributed by atoms with Crippen molar-refractivity contribution in [1.29, 1.82) is 0 Å². The van der Waals surface area contributed by atoms with Gasteiger partial charge in [-0.05, 0) is 67.1 Å². The largest absolute Gasteiger partial charge is 0.497 e. The summed E-state index contributed by atoms with van der Waals surface area (Å²) in [5.74, 6) is 3.02. The average Bonchev–Trinajstić information content (AvgIpc) is 3.55. The maximum Gasteiger partial charge on any atom is 0.220 e. The van der Waals surface area contributed by atoms with Crippen molar-refractivity contribution in [1.82, 2.24) is 5.32 Å². The highest BCUT2D eigenvalue weighted by Gasteiger charge is 2.33. The van der Waals surface area contributed by atoms with Gasteiger partial charge in [-0.2, -0.15) is 0 Å². The quantitative estimate of drug-likeness (QED) is 0.640. The van der Waals surface area contributed by atoms with Crippen LogP contribution in [0.5, 0.6) is 17.2 Å². The standard InChI is InChI=1S/C22H27NO4/c1-25-18-9-7-17(8-10-18)22(16-5-6-16)23-21(24)4-3-15-27-20-13-11-19(26-2)12-14-20/h7-14,16,22H,3-6,15H2,1-2H3,(H,23,24). The van der Waals surface area contributed by atoms with Crippen molar-refractivity contribution < 1.29 is 19.0 Å². The smallest absolute Gasteiger partial charge is 0.220 e. The van der Waals surface area contributed by atoms with Gasteiger partial charge in [-0.3, -0.25) is 4.79 Å². The lowest BCUT2D eigenvalue weighted by molar-refractivity contribution is -0.122. The van der Waals surface area contributed by atoms with Gasteiger partial charge in [0.2, 0.25) is 5.91 Å². The fraction of sp³-hybridized carbons (Fsp3) is 0.409. The molecule has 27 heavy (non-hydrogen) atoms. The van der Waals surface area contributed by atoms with Gasteiger partial charge in [0.1, 0.15) is 17.2 Å². The van der Waals surface area contributed by atoms with E-state index in [9.17, 15) is 4.79 Å². The third kappa shape index (κ3) is 5.64. The molecule has 1 atom stereocenters. The summed E-state index contributed by atoms with van der Waals surface area (Å²) in [6.07, 6.45) is 3.46. The normalized spacial score (nSPS) is 14.3. The first-order chi connectivity index (χ1) is 13.2. The summed E-state index contributed by atoms with van der Waals surface area (Å²) >= 11 is 0. The molecule has 5 nitrogen and oxygen atoms in total. The van der Waals surface area contributed by atoms with Crippen LogP contribution in [-0.4, -0.2) is 26.7 Å². The Morgan fingerprint density at radius 1 is 0.963 bits per heavy atom. The fourth-order valence-corrected chi connectivity index (χ4v) is 3.05. The average molecular weight is 369 g/mol. The van der Waals surface area contributed by atoms with Crippen LogP contribution >= 0.6 is 0 Å². The van der Waals surface area contributed by atoms with Crippen LogP contribution in [0.15, 0.2) is 48.5 Å². The molecule has 0 aliphatic heterocycles. The van der Waals surface area contributed by atoms with Crippen LogP contribution < -0.4 is 19.5 Å². The Labute approximate surface area is 160 Å². The highest BCUT2D eigenvalue weighted by molar-refractivity contribution is 5.76. The number of carbonyl (C=O) groups excluding carboxylic acids is 1. The Bertz CT molecular complexity index is 723. The molecule has 2 aromatic carbocycles. The van der Waals surface area contributed by atoms with Crippen molar-refractivity contribution in [3.05, 3.63) is 54.1 Å². The van der Waals surface area contributed by atoms with Gasteiger partial charge in [0, 0.05) is 6.42 Å². The minimum atomic E-state index is 0.0704. The maximum atomic E-state index is 12.4. The molecule has 1 aliphatic carbocycles. The second kappa shape index (κ2) is 9.31. The van der Waals surface area contributed by atoms with Crippen LogP contribution in [0.4, 0.5) is 0 Å². The zero-order chi connectivity index (χ0) is 19.1. The molecule has 0 heterocycles. The minimum Gasteiger partial charge on any atom is -0.497 e. The van der Waals surface area contributed by atoms with Crippen molar-refractivity contribution >= 4 is 5.91 Å². The van der Waals surface area contributed by atoms with Gasteiger partial charge in [-0.1, -0.05) is 12.1 Å². The van der Waals surface area contributed by atoms with E-state index in [0.29, 0.717) is 25.4 Å². The molecule has 5 heteroatoms. The van der Waals surface area contributed by atoms with E-state index in [2.05, 4.69) is 5.32 Å². The summed E-state index contributed by atoms with van der Waals surface area (Å²) in [5.41, 5.74) is 1.14. The molecule has 1 aliphatic rings. The zero-order valence-electron chi connectivity index (χ0n) is 15.9. The van der Waals surface area contributed by atoms with Gasteiger partial charge in [0.25, 0.3) is 0 Å². The number of amides is 1. The third-order valence-corrected chi connectivity index (χ3v) is 4.76. The van der Waals surface area contributed by atoms with Crippen molar-refractivity contribution in [2.45, 2.75) is 31.7 Å². The van der Waals surface area contributed by atoms with Crippen LogP contribution in [0, 0.1) is 5.92 Å². The van der Waals surface area contributed by atoms with Crippen molar-refractivity contribution in [3.8, 4) is 17.2 Å². The van der Waals surface area contributed by atoms with E-state index in [1.807, 2.05) is 48.5 Å². The molecule has 0 saturated heterocycles. The molecule has 144 valence electrons. The molecule has 0 radical (unpaired) electrons. The Balaban J connectivity index is 1.43. The van der Waals surface area contributed by atoms with E-state index in [1.54, 1.807) is 14.2 Å². The maximum absolute atomic E-state index is 12.4. The molecule has 0 aromatic heterocycles. The SMILES string of the molecule is COc1ccc(OCCCC(=O)NC(c2ccc(OC)cc2)C2CC2)cc1. The molecule has 2 aromatic rings. The van der Waals surface area contributed by atoms with E-state index < -0.39 is 0 Å². The van der Waals surface area contributed by atoms with Crippen LogP contribution in [0.3, 0.4) is 0 Å².